The summed E-state index contributed by atoms with van der Waals surface area (Å²) >= 11 is 0. The van der Waals surface area contributed by atoms with Crippen molar-refractivity contribution in [2.75, 3.05) is 13.2 Å². The molecule has 0 bridgehead atoms. The van der Waals surface area contributed by atoms with E-state index in [0.29, 0.717) is 19.3 Å². The molecule has 0 aromatic carbocycles. The van der Waals surface area contributed by atoms with Crippen LogP contribution in [0.2, 0.25) is 0 Å². The Balaban J connectivity index is 4.79. The lowest BCUT2D eigenvalue weighted by Gasteiger charge is -2.32. The zero-order valence-electron chi connectivity index (χ0n) is 12.5. The van der Waals surface area contributed by atoms with Crippen molar-refractivity contribution in [2.24, 2.45) is 5.41 Å². The summed E-state index contributed by atoms with van der Waals surface area (Å²) in [5.74, 6) is -2.14. The third-order valence-corrected chi connectivity index (χ3v) is 3.67. The van der Waals surface area contributed by atoms with Crippen LogP contribution in [0.4, 0.5) is 0 Å². The molecule has 0 aliphatic carbocycles. The number of rotatable bonds is 13. The first-order valence-corrected chi connectivity index (χ1v) is 7.30. The number of carbonyl (C=O) groups is 2. The Hall–Kier alpha value is -1.22. The molecule has 2 atom stereocenters. The molecule has 8 heteroatoms. The van der Waals surface area contributed by atoms with Crippen LogP contribution in [0.25, 0.3) is 0 Å². The molecule has 0 amide bonds. The van der Waals surface area contributed by atoms with Crippen molar-refractivity contribution >= 4 is 11.9 Å². The SMILES string of the molecule is O=C(O)CCCCCC(CC(O)CO)(CC(O)CO)C(=O)O. The van der Waals surface area contributed by atoms with E-state index >= 15 is 0 Å². The molecule has 0 radical (unpaired) electrons. The van der Waals surface area contributed by atoms with E-state index in [0.717, 1.165) is 0 Å². The number of unbranched alkanes of at least 4 members (excludes halogenated alkanes) is 2. The van der Waals surface area contributed by atoms with Gasteiger partial charge in [-0.3, -0.25) is 9.59 Å². The zero-order valence-corrected chi connectivity index (χ0v) is 12.5. The minimum atomic E-state index is -1.46. The first kappa shape index (κ1) is 20.8. The molecular weight excluding hydrogens is 296 g/mol. The average Bonchev–Trinajstić information content (AvgIpc) is 2.45. The minimum Gasteiger partial charge on any atom is -0.481 e. The average molecular weight is 322 g/mol. The number of aliphatic hydroxyl groups excluding tert-OH is 4. The van der Waals surface area contributed by atoms with Gasteiger partial charge in [0.2, 0.25) is 0 Å². The van der Waals surface area contributed by atoms with Crippen molar-refractivity contribution < 1.29 is 40.2 Å². The van der Waals surface area contributed by atoms with Crippen LogP contribution in [0, 0.1) is 5.41 Å². The molecule has 0 fully saturated rings. The second-order valence-corrected chi connectivity index (χ2v) is 5.62. The zero-order chi connectivity index (χ0) is 17.2. The van der Waals surface area contributed by atoms with E-state index in [4.69, 9.17) is 15.3 Å². The molecule has 0 aliphatic heterocycles. The van der Waals surface area contributed by atoms with Crippen LogP contribution >= 0.6 is 0 Å². The predicted octanol–water partition coefficient (Wildman–Crippen LogP) is -0.421. The van der Waals surface area contributed by atoms with Gasteiger partial charge in [-0.05, 0) is 25.7 Å². The molecule has 0 aromatic rings. The van der Waals surface area contributed by atoms with Crippen LogP contribution in [0.5, 0.6) is 0 Å². The van der Waals surface area contributed by atoms with Crippen molar-refractivity contribution in [3.8, 4) is 0 Å². The molecule has 0 saturated carbocycles. The lowest BCUT2D eigenvalue weighted by molar-refractivity contribution is -0.155. The Kier molecular flexibility index (Phi) is 9.91. The maximum absolute atomic E-state index is 11.6. The van der Waals surface area contributed by atoms with Crippen LogP contribution in [0.15, 0.2) is 0 Å². The van der Waals surface area contributed by atoms with Crippen LogP contribution in [-0.2, 0) is 9.59 Å². The first-order chi connectivity index (χ1) is 10.3. The normalized spacial score (nSPS) is 16.7. The van der Waals surface area contributed by atoms with Gasteiger partial charge in [0, 0.05) is 6.42 Å². The predicted molar refractivity (Wildman–Crippen MR) is 76.2 cm³/mol. The third-order valence-electron chi connectivity index (χ3n) is 3.67. The lowest BCUT2D eigenvalue weighted by atomic mass is 9.73. The summed E-state index contributed by atoms with van der Waals surface area (Å²) in [7, 11) is 0. The molecule has 0 spiro atoms. The largest absolute Gasteiger partial charge is 0.481 e. The van der Waals surface area contributed by atoms with E-state index < -0.39 is 42.8 Å². The van der Waals surface area contributed by atoms with E-state index in [1.807, 2.05) is 0 Å². The second kappa shape index (κ2) is 10.5. The summed E-state index contributed by atoms with van der Waals surface area (Å²) in [5, 5.41) is 55.0. The van der Waals surface area contributed by atoms with Crippen molar-refractivity contribution in [2.45, 2.75) is 57.2 Å². The molecule has 0 heterocycles. The maximum atomic E-state index is 11.6. The molecule has 0 saturated heterocycles. The molecule has 22 heavy (non-hydrogen) atoms. The minimum absolute atomic E-state index is 0.00139. The fourth-order valence-electron chi connectivity index (χ4n) is 2.52. The van der Waals surface area contributed by atoms with Crippen molar-refractivity contribution in [1.82, 2.24) is 0 Å². The number of aliphatic carboxylic acids is 2. The second-order valence-electron chi connectivity index (χ2n) is 5.62. The molecule has 2 unspecified atom stereocenters. The fraction of sp³-hybridized carbons (Fsp3) is 0.857. The van der Waals surface area contributed by atoms with E-state index in [-0.39, 0.29) is 25.7 Å². The highest BCUT2D eigenvalue weighted by Crippen LogP contribution is 2.36. The molecule has 0 rings (SSSR count). The Labute approximate surface area is 129 Å². The number of hydrogen-bond donors (Lipinski definition) is 6. The first-order valence-electron chi connectivity index (χ1n) is 7.30. The topological polar surface area (TPSA) is 156 Å². The van der Waals surface area contributed by atoms with Gasteiger partial charge in [0.1, 0.15) is 0 Å². The Morgan fingerprint density at radius 3 is 1.73 bits per heavy atom. The van der Waals surface area contributed by atoms with Crippen LogP contribution in [0.3, 0.4) is 0 Å². The van der Waals surface area contributed by atoms with Crippen LogP contribution in [0.1, 0.15) is 44.9 Å². The van der Waals surface area contributed by atoms with Gasteiger partial charge in [0.25, 0.3) is 0 Å². The fourth-order valence-corrected chi connectivity index (χ4v) is 2.52. The summed E-state index contributed by atoms with van der Waals surface area (Å²) in [6.07, 6.45) is -1.50. The Bertz CT molecular complexity index is 332. The molecule has 130 valence electrons. The molecule has 0 aromatic heterocycles. The van der Waals surface area contributed by atoms with Gasteiger partial charge >= 0.3 is 11.9 Å². The summed E-state index contributed by atoms with van der Waals surface area (Å²) in [6, 6.07) is 0. The van der Waals surface area contributed by atoms with Crippen molar-refractivity contribution in [1.29, 1.82) is 0 Å². The van der Waals surface area contributed by atoms with Crippen LogP contribution in [-0.4, -0.2) is 68.0 Å². The van der Waals surface area contributed by atoms with Crippen LogP contribution < -0.4 is 0 Å². The van der Waals surface area contributed by atoms with Crippen molar-refractivity contribution in [3.63, 3.8) is 0 Å². The van der Waals surface area contributed by atoms with Gasteiger partial charge in [-0.25, -0.2) is 0 Å². The monoisotopic (exact) mass is 322 g/mol. The van der Waals surface area contributed by atoms with Gasteiger partial charge in [-0.15, -0.1) is 0 Å². The maximum Gasteiger partial charge on any atom is 0.309 e. The molecule has 8 nitrogen and oxygen atoms in total. The standard InChI is InChI=1S/C14H26O8/c15-8-10(17)6-14(13(21)22,7-11(18)9-16)5-3-1-2-4-12(19)20/h10-11,15-18H,1-9H2,(H,19,20)(H,21,22). The smallest absolute Gasteiger partial charge is 0.309 e. The van der Waals surface area contributed by atoms with E-state index in [1.165, 1.54) is 0 Å². The van der Waals surface area contributed by atoms with Gasteiger partial charge in [-0.1, -0.05) is 12.8 Å². The highest BCUT2D eigenvalue weighted by Gasteiger charge is 2.41. The van der Waals surface area contributed by atoms with Gasteiger partial charge < -0.3 is 30.6 Å². The van der Waals surface area contributed by atoms with E-state index in [1.54, 1.807) is 0 Å². The number of carboxylic acids is 2. The van der Waals surface area contributed by atoms with Gasteiger partial charge in [0.05, 0.1) is 30.8 Å². The molecule has 0 aliphatic rings. The third kappa shape index (κ3) is 7.69. The molecule has 6 N–H and O–H groups in total. The Morgan fingerprint density at radius 1 is 0.864 bits per heavy atom. The quantitative estimate of drug-likeness (QED) is 0.250. The van der Waals surface area contributed by atoms with Gasteiger partial charge in [-0.2, -0.15) is 0 Å². The number of carboxylic acid groups (broad SMARTS) is 2. The van der Waals surface area contributed by atoms with E-state index in [2.05, 4.69) is 0 Å². The number of aliphatic hydroxyl groups is 4. The Morgan fingerprint density at radius 2 is 1.36 bits per heavy atom. The van der Waals surface area contributed by atoms with Crippen molar-refractivity contribution in [3.05, 3.63) is 0 Å². The molecular formula is C14H26O8. The summed E-state index contributed by atoms with van der Waals surface area (Å²) in [4.78, 5) is 22.0. The van der Waals surface area contributed by atoms with Gasteiger partial charge in [0.15, 0.2) is 0 Å². The lowest BCUT2D eigenvalue weighted by Crippen LogP contribution is -2.39. The summed E-state index contributed by atoms with van der Waals surface area (Å²) < 4.78 is 0. The number of hydrogen-bond acceptors (Lipinski definition) is 6. The highest BCUT2D eigenvalue weighted by atomic mass is 16.4. The summed E-state index contributed by atoms with van der Waals surface area (Å²) in [6.45, 7) is -1.19. The van der Waals surface area contributed by atoms with E-state index in [9.17, 15) is 24.9 Å². The summed E-state index contributed by atoms with van der Waals surface area (Å²) in [5.41, 5.74) is -1.46. The highest BCUT2D eigenvalue weighted by molar-refractivity contribution is 5.74.